The van der Waals surface area contributed by atoms with E-state index >= 15 is 0 Å². The fourth-order valence-electron chi connectivity index (χ4n) is 1.82. The molecule has 1 heterocycles. The van der Waals surface area contributed by atoms with E-state index in [1.807, 2.05) is 24.3 Å². The summed E-state index contributed by atoms with van der Waals surface area (Å²) in [6.07, 6.45) is 3.17. The van der Waals surface area contributed by atoms with E-state index in [1.165, 1.54) is 12.4 Å². The summed E-state index contributed by atoms with van der Waals surface area (Å²) in [6, 6.07) is 10.4. The summed E-state index contributed by atoms with van der Waals surface area (Å²) >= 11 is 3.34. The number of nitrogens with zero attached hydrogens (tertiary/aromatic N) is 2. The van der Waals surface area contributed by atoms with Crippen molar-refractivity contribution in [2.45, 2.75) is 12.8 Å². The average molecular weight is 376 g/mol. The molecule has 0 unspecified atom stereocenters. The third kappa shape index (κ3) is 5.30. The van der Waals surface area contributed by atoms with E-state index in [0.29, 0.717) is 11.3 Å². The lowest BCUT2D eigenvalue weighted by Crippen LogP contribution is -2.20. The molecule has 23 heavy (non-hydrogen) atoms. The highest BCUT2D eigenvalue weighted by atomic mass is 79.9. The topological polar surface area (TPSA) is 91.6 Å². The van der Waals surface area contributed by atoms with Crippen molar-refractivity contribution in [3.63, 3.8) is 0 Å². The van der Waals surface area contributed by atoms with Gasteiger partial charge in [-0.25, -0.2) is 5.43 Å². The van der Waals surface area contributed by atoms with E-state index in [0.717, 1.165) is 10.0 Å². The summed E-state index contributed by atoms with van der Waals surface area (Å²) in [6.45, 7) is 0. The number of amides is 1. The first-order valence-electron chi connectivity index (χ1n) is 6.81. The maximum absolute atomic E-state index is 12.0. The fraction of sp³-hybridized carbons (Fsp3) is 0.125. The Morgan fingerprint density at radius 2 is 1.70 bits per heavy atom. The molecule has 0 radical (unpaired) electrons. The van der Waals surface area contributed by atoms with E-state index in [1.54, 1.807) is 12.1 Å². The van der Waals surface area contributed by atoms with E-state index in [9.17, 15) is 9.59 Å². The molecule has 0 fully saturated rings. The van der Waals surface area contributed by atoms with Crippen LogP contribution in [0.3, 0.4) is 0 Å². The molecule has 6 nitrogen and oxygen atoms in total. The molecule has 118 valence electrons. The highest BCUT2D eigenvalue weighted by Gasteiger charge is 2.09. The Kier molecular flexibility index (Phi) is 5.99. The summed E-state index contributed by atoms with van der Waals surface area (Å²) in [7, 11) is 0. The van der Waals surface area contributed by atoms with Crippen molar-refractivity contribution < 1.29 is 14.7 Å². The maximum atomic E-state index is 12.0. The van der Waals surface area contributed by atoms with Crippen LogP contribution in [0.2, 0.25) is 0 Å². The monoisotopic (exact) mass is 375 g/mol. The van der Waals surface area contributed by atoms with Gasteiger partial charge in [-0.3, -0.25) is 14.6 Å². The molecule has 0 aliphatic heterocycles. The number of hydrazone groups is 1. The lowest BCUT2D eigenvalue weighted by molar-refractivity contribution is -0.136. The SMILES string of the molecule is O=C(O)CC/C(=N/NC(=O)c1ccncc1)c1ccc(Br)cc1. The predicted molar refractivity (Wildman–Crippen MR) is 89.3 cm³/mol. The molecule has 2 rings (SSSR count). The van der Waals surface area contributed by atoms with Gasteiger partial charge in [0.05, 0.1) is 12.1 Å². The average Bonchev–Trinajstić information content (AvgIpc) is 2.56. The van der Waals surface area contributed by atoms with Crippen molar-refractivity contribution >= 4 is 33.5 Å². The molecule has 1 aromatic carbocycles. The number of nitrogens with one attached hydrogen (secondary N) is 1. The molecule has 1 aromatic heterocycles. The fourth-order valence-corrected chi connectivity index (χ4v) is 2.08. The summed E-state index contributed by atoms with van der Waals surface area (Å²) < 4.78 is 0.902. The van der Waals surface area contributed by atoms with Gasteiger partial charge < -0.3 is 5.11 Å². The van der Waals surface area contributed by atoms with Crippen LogP contribution in [0.25, 0.3) is 0 Å². The number of hydrogen-bond acceptors (Lipinski definition) is 4. The van der Waals surface area contributed by atoms with Gasteiger partial charge in [0.15, 0.2) is 0 Å². The molecular formula is C16H14BrN3O3. The molecule has 1 amide bonds. The molecule has 2 N–H and O–H groups in total. The number of hydrogen-bond donors (Lipinski definition) is 2. The highest BCUT2D eigenvalue weighted by molar-refractivity contribution is 9.10. The van der Waals surface area contributed by atoms with Crippen molar-refractivity contribution in [1.82, 2.24) is 10.4 Å². The summed E-state index contributed by atoms with van der Waals surface area (Å²) in [5.41, 5.74) is 4.14. The Morgan fingerprint density at radius 1 is 1.04 bits per heavy atom. The van der Waals surface area contributed by atoms with Crippen LogP contribution in [0.4, 0.5) is 0 Å². The van der Waals surface area contributed by atoms with Gasteiger partial charge in [0.2, 0.25) is 0 Å². The minimum absolute atomic E-state index is 0.0694. The van der Waals surface area contributed by atoms with Crippen LogP contribution in [-0.4, -0.2) is 27.7 Å². The summed E-state index contributed by atoms with van der Waals surface area (Å²) in [4.78, 5) is 26.6. The van der Waals surface area contributed by atoms with Gasteiger partial charge in [-0.2, -0.15) is 5.10 Å². The molecule has 2 aromatic rings. The Hall–Kier alpha value is -2.54. The van der Waals surface area contributed by atoms with Crippen LogP contribution < -0.4 is 5.43 Å². The Morgan fingerprint density at radius 3 is 2.30 bits per heavy atom. The van der Waals surface area contributed by atoms with E-state index in [2.05, 4.69) is 31.4 Å². The van der Waals surface area contributed by atoms with Gasteiger partial charge in [0.1, 0.15) is 0 Å². The van der Waals surface area contributed by atoms with Gasteiger partial charge in [-0.05, 0) is 29.8 Å². The number of aromatic nitrogens is 1. The van der Waals surface area contributed by atoms with Crippen LogP contribution >= 0.6 is 15.9 Å². The van der Waals surface area contributed by atoms with Crippen LogP contribution in [-0.2, 0) is 4.79 Å². The second kappa shape index (κ2) is 8.19. The number of benzene rings is 1. The van der Waals surface area contributed by atoms with Gasteiger partial charge in [-0.1, -0.05) is 28.1 Å². The second-order valence-electron chi connectivity index (χ2n) is 4.64. The van der Waals surface area contributed by atoms with Crippen molar-refractivity contribution in [3.8, 4) is 0 Å². The van der Waals surface area contributed by atoms with Gasteiger partial charge in [0.25, 0.3) is 5.91 Å². The zero-order valence-electron chi connectivity index (χ0n) is 12.1. The maximum Gasteiger partial charge on any atom is 0.303 e. The zero-order valence-corrected chi connectivity index (χ0v) is 13.7. The Bertz CT molecular complexity index is 715. The normalized spacial score (nSPS) is 11.1. The first-order valence-corrected chi connectivity index (χ1v) is 7.60. The Labute approximate surface area is 141 Å². The molecule has 0 spiro atoms. The van der Waals surface area contributed by atoms with Gasteiger partial charge in [-0.15, -0.1) is 0 Å². The molecular weight excluding hydrogens is 362 g/mol. The predicted octanol–water partition coefficient (Wildman–Crippen LogP) is 2.84. The molecule has 0 saturated carbocycles. The van der Waals surface area contributed by atoms with E-state index in [4.69, 9.17) is 5.11 Å². The summed E-state index contributed by atoms with van der Waals surface area (Å²) in [5.74, 6) is -1.30. The standard InChI is InChI=1S/C16H14BrN3O3/c17-13-3-1-11(2-4-13)14(5-6-15(21)22)19-20-16(23)12-7-9-18-10-8-12/h1-4,7-10H,5-6H2,(H,20,23)(H,21,22)/b19-14-. The second-order valence-corrected chi connectivity index (χ2v) is 5.55. The minimum atomic E-state index is -0.921. The smallest absolute Gasteiger partial charge is 0.303 e. The number of carbonyl (C=O) groups excluding carboxylic acids is 1. The van der Waals surface area contributed by atoms with E-state index in [-0.39, 0.29) is 18.7 Å². The van der Waals surface area contributed by atoms with Crippen LogP contribution in [0.1, 0.15) is 28.8 Å². The Balaban J connectivity index is 2.17. The van der Waals surface area contributed by atoms with Crippen molar-refractivity contribution in [2.75, 3.05) is 0 Å². The number of carboxylic acid groups (broad SMARTS) is 1. The number of carbonyl (C=O) groups is 2. The largest absolute Gasteiger partial charge is 0.481 e. The molecule has 0 aliphatic rings. The minimum Gasteiger partial charge on any atom is -0.481 e. The number of pyridine rings is 1. The van der Waals surface area contributed by atoms with Crippen molar-refractivity contribution in [2.24, 2.45) is 5.10 Å². The van der Waals surface area contributed by atoms with Crippen LogP contribution in [0.15, 0.2) is 58.4 Å². The lowest BCUT2D eigenvalue weighted by atomic mass is 10.1. The lowest BCUT2D eigenvalue weighted by Gasteiger charge is -2.07. The third-order valence-electron chi connectivity index (χ3n) is 2.99. The number of halogens is 1. The number of aliphatic carboxylic acids is 1. The van der Waals surface area contributed by atoms with Crippen molar-refractivity contribution in [1.29, 1.82) is 0 Å². The van der Waals surface area contributed by atoms with Gasteiger partial charge in [0, 0.05) is 28.9 Å². The number of rotatable bonds is 6. The van der Waals surface area contributed by atoms with Gasteiger partial charge >= 0.3 is 5.97 Å². The molecule has 7 heteroatoms. The highest BCUT2D eigenvalue weighted by Crippen LogP contribution is 2.13. The molecule has 0 bridgehead atoms. The first-order chi connectivity index (χ1) is 11.1. The molecule has 0 aliphatic carbocycles. The third-order valence-corrected chi connectivity index (χ3v) is 3.52. The number of carboxylic acids is 1. The van der Waals surface area contributed by atoms with Crippen LogP contribution in [0.5, 0.6) is 0 Å². The first kappa shape index (κ1) is 16.8. The van der Waals surface area contributed by atoms with Crippen molar-refractivity contribution in [3.05, 3.63) is 64.4 Å². The zero-order chi connectivity index (χ0) is 16.7. The molecule has 0 saturated heterocycles. The van der Waals surface area contributed by atoms with Crippen LogP contribution in [0, 0.1) is 0 Å². The quantitative estimate of drug-likeness (QED) is 0.599. The summed E-state index contributed by atoms with van der Waals surface area (Å²) in [5, 5.41) is 12.9. The van der Waals surface area contributed by atoms with E-state index < -0.39 is 5.97 Å². The molecule has 0 atom stereocenters.